The average molecular weight is 537 g/mol. The maximum atomic E-state index is 13.1. The summed E-state index contributed by atoms with van der Waals surface area (Å²) < 4.78 is 74.7. The Hall–Kier alpha value is -3.73. The van der Waals surface area contributed by atoms with E-state index in [1.165, 1.54) is 19.2 Å². The van der Waals surface area contributed by atoms with E-state index in [4.69, 9.17) is 8.92 Å². The molecule has 0 aliphatic heterocycles. The molecule has 3 rings (SSSR count). The van der Waals surface area contributed by atoms with Gasteiger partial charge in [0.15, 0.2) is 0 Å². The molecule has 0 aliphatic carbocycles. The molecule has 0 bridgehead atoms. The van der Waals surface area contributed by atoms with E-state index < -0.39 is 26.8 Å². The zero-order valence-corrected chi connectivity index (χ0v) is 21.3. The molecule has 198 valence electrons. The minimum Gasteiger partial charge on any atom is -0.497 e. The van der Waals surface area contributed by atoms with Crippen molar-refractivity contribution < 1.29 is 35.3 Å². The first kappa shape index (κ1) is 27.9. The molecule has 0 fully saturated rings. The fourth-order valence-electron chi connectivity index (χ4n) is 3.44. The van der Waals surface area contributed by atoms with Gasteiger partial charge in [-0.25, -0.2) is 4.79 Å². The van der Waals surface area contributed by atoms with Crippen molar-refractivity contribution in [3.63, 3.8) is 0 Å². The van der Waals surface area contributed by atoms with Gasteiger partial charge in [0.1, 0.15) is 16.4 Å². The van der Waals surface area contributed by atoms with Crippen LogP contribution in [-0.4, -0.2) is 32.5 Å². The lowest BCUT2D eigenvalue weighted by molar-refractivity contribution is -0.137. The number of anilines is 1. The second kappa shape index (κ2) is 11.5. The van der Waals surface area contributed by atoms with Crippen molar-refractivity contribution in [2.75, 3.05) is 12.4 Å². The lowest BCUT2D eigenvalue weighted by Crippen LogP contribution is -2.40. The minimum absolute atomic E-state index is 0.0905. The number of rotatable bonds is 9. The number of hydrogen-bond donors (Lipinski definition) is 1. The predicted octanol–water partition coefficient (Wildman–Crippen LogP) is 6.31. The fourth-order valence-corrected chi connectivity index (χ4v) is 4.41. The van der Waals surface area contributed by atoms with Crippen molar-refractivity contribution in [1.29, 1.82) is 0 Å². The highest BCUT2D eigenvalue weighted by Crippen LogP contribution is 2.31. The third-order valence-electron chi connectivity index (χ3n) is 5.61. The van der Waals surface area contributed by atoms with Crippen LogP contribution in [0.5, 0.6) is 11.5 Å². The number of carbonyl (C=O) groups is 1. The number of nitrogens with one attached hydrogen (secondary N) is 1. The molecule has 1 atom stereocenters. The van der Waals surface area contributed by atoms with E-state index in [9.17, 15) is 26.4 Å². The summed E-state index contributed by atoms with van der Waals surface area (Å²) >= 11 is 0. The summed E-state index contributed by atoms with van der Waals surface area (Å²) in [5.74, 6) is 0.493. The van der Waals surface area contributed by atoms with E-state index in [1.807, 2.05) is 13.8 Å². The molecule has 0 unspecified atom stereocenters. The number of carbonyl (C=O) groups excluding carboxylic acids is 1. The van der Waals surface area contributed by atoms with E-state index in [0.717, 1.165) is 18.2 Å². The van der Waals surface area contributed by atoms with Crippen molar-refractivity contribution in [2.45, 2.75) is 43.9 Å². The minimum atomic E-state index is -4.70. The third kappa shape index (κ3) is 7.39. The average Bonchev–Trinajstić information content (AvgIpc) is 2.86. The van der Waals surface area contributed by atoms with Crippen molar-refractivity contribution >= 4 is 21.8 Å². The van der Waals surface area contributed by atoms with Crippen LogP contribution < -0.4 is 14.2 Å². The lowest BCUT2D eigenvalue weighted by Gasteiger charge is -2.29. The molecule has 0 saturated heterocycles. The van der Waals surface area contributed by atoms with Crippen LogP contribution in [0.25, 0.3) is 0 Å². The van der Waals surface area contributed by atoms with Gasteiger partial charge in [0.2, 0.25) is 0 Å². The quantitative estimate of drug-likeness (QED) is 0.324. The Morgan fingerprint density at radius 1 is 1.00 bits per heavy atom. The summed E-state index contributed by atoms with van der Waals surface area (Å²) in [6.45, 7) is 3.94. The molecule has 11 heteroatoms. The highest BCUT2D eigenvalue weighted by Gasteiger charge is 2.32. The highest BCUT2D eigenvalue weighted by atomic mass is 32.2. The van der Waals surface area contributed by atoms with Gasteiger partial charge in [-0.15, -0.1) is 0 Å². The van der Waals surface area contributed by atoms with E-state index >= 15 is 0 Å². The fraction of sp³-hybridized carbons (Fsp3) is 0.269. The Kier molecular flexibility index (Phi) is 8.69. The first-order valence-electron chi connectivity index (χ1n) is 11.4. The number of urea groups is 1. The normalized spacial score (nSPS) is 12.5. The summed E-state index contributed by atoms with van der Waals surface area (Å²) in [4.78, 5) is 14.0. The molecule has 0 spiro atoms. The summed E-state index contributed by atoms with van der Waals surface area (Å²) in [7, 11) is -3.01. The number of benzene rings is 3. The van der Waals surface area contributed by atoms with Crippen LogP contribution in [0.3, 0.4) is 0 Å². The van der Waals surface area contributed by atoms with Crippen LogP contribution >= 0.6 is 0 Å². The second-order valence-electron chi connectivity index (χ2n) is 8.26. The monoisotopic (exact) mass is 536 g/mol. The Labute approximate surface area is 213 Å². The second-order valence-corrected chi connectivity index (χ2v) is 9.80. The SMILES string of the molecule is CC[C@H](C)N(Cc1cccc(OS(=O)(=O)c2cccc(C(F)(F)F)c2)c1)C(=O)Nc1cccc(OC)c1. The van der Waals surface area contributed by atoms with E-state index in [0.29, 0.717) is 29.5 Å². The molecule has 3 aromatic rings. The summed E-state index contributed by atoms with van der Waals surface area (Å²) in [5.41, 5.74) is 0.0110. The van der Waals surface area contributed by atoms with Gasteiger partial charge < -0.3 is 19.1 Å². The number of halogens is 3. The molecule has 0 heterocycles. The van der Waals surface area contributed by atoms with Crippen molar-refractivity contribution in [1.82, 2.24) is 4.90 Å². The summed E-state index contributed by atoms with van der Waals surface area (Å²) in [5, 5.41) is 2.83. The predicted molar refractivity (Wildman–Crippen MR) is 133 cm³/mol. The number of nitrogens with zero attached hydrogens (tertiary/aromatic N) is 1. The van der Waals surface area contributed by atoms with Crippen LogP contribution in [0.15, 0.2) is 77.7 Å². The third-order valence-corrected chi connectivity index (χ3v) is 6.86. The molecule has 0 aliphatic rings. The van der Waals surface area contributed by atoms with Crippen LogP contribution in [0.2, 0.25) is 0 Å². The van der Waals surface area contributed by atoms with Crippen molar-refractivity contribution in [3.8, 4) is 11.5 Å². The Balaban J connectivity index is 1.80. The van der Waals surface area contributed by atoms with Crippen LogP contribution in [0, 0.1) is 0 Å². The molecule has 3 aromatic carbocycles. The van der Waals surface area contributed by atoms with Gasteiger partial charge in [0.25, 0.3) is 0 Å². The highest BCUT2D eigenvalue weighted by molar-refractivity contribution is 7.87. The molecule has 7 nitrogen and oxygen atoms in total. The molecule has 0 saturated carbocycles. The first-order valence-corrected chi connectivity index (χ1v) is 12.8. The molecular formula is C26H27F3N2O5S. The van der Waals surface area contributed by atoms with Crippen LogP contribution in [-0.2, 0) is 22.8 Å². The first-order chi connectivity index (χ1) is 17.4. The number of methoxy groups -OCH3 is 1. The van der Waals surface area contributed by atoms with Gasteiger partial charge in [-0.3, -0.25) is 0 Å². The summed E-state index contributed by atoms with van der Waals surface area (Å²) in [6, 6.07) is 15.7. The standard InChI is InChI=1S/C26H27F3N2O5S/c1-4-18(2)31(25(32)30-21-10-7-11-22(16-21)35-3)17-19-8-5-12-23(14-19)36-37(33,34)24-13-6-9-20(15-24)26(27,28)29/h5-16,18H,4,17H2,1-3H3,(H,30,32)/t18-/m0/s1. The smallest absolute Gasteiger partial charge is 0.416 e. The van der Waals surface area contributed by atoms with Gasteiger partial charge in [-0.1, -0.05) is 31.2 Å². The van der Waals surface area contributed by atoms with Crippen LogP contribution in [0.1, 0.15) is 31.4 Å². The van der Waals surface area contributed by atoms with Gasteiger partial charge in [-0.2, -0.15) is 21.6 Å². The van der Waals surface area contributed by atoms with Crippen molar-refractivity contribution in [3.05, 3.63) is 83.9 Å². The van der Waals surface area contributed by atoms with Gasteiger partial charge in [0.05, 0.1) is 12.7 Å². The van der Waals surface area contributed by atoms with Gasteiger partial charge in [-0.05, 0) is 61.4 Å². The molecular weight excluding hydrogens is 509 g/mol. The number of alkyl halides is 3. The summed E-state index contributed by atoms with van der Waals surface area (Å²) in [6.07, 6.45) is -4.04. The molecule has 0 aromatic heterocycles. The Morgan fingerprint density at radius 3 is 2.35 bits per heavy atom. The van der Waals surface area contributed by atoms with Gasteiger partial charge in [0, 0.05) is 24.3 Å². The van der Waals surface area contributed by atoms with Crippen LogP contribution in [0.4, 0.5) is 23.7 Å². The van der Waals surface area contributed by atoms with Crippen molar-refractivity contribution in [2.24, 2.45) is 0 Å². The van der Waals surface area contributed by atoms with E-state index in [1.54, 1.807) is 41.3 Å². The number of ether oxygens (including phenoxy) is 1. The zero-order chi connectivity index (χ0) is 27.2. The number of amides is 2. The lowest BCUT2D eigenvalue weighted by atomic mass is 10.1. The zero-order valence-electron chi connectivity index (χ0n) is 20.5. The molecule has 1 N–H and O–H groups in total. The largest absolute Gasteiger partial charge is 0.497 e. The maximum absolute atomic E-state index is 13.1. The van der Waals surface area contributed by atoms with E-state index in [2.05, 4.69) is 5.32 Å². The van der Waals surface area contributed by atoms with Gasteiger partial charge >= 0.3 is 22.3 Å². The maximum Gasteiger partial charge on any atom is 0.416 e. The molecule has 37 heavy (non-hydrogen) atoms. The topological polar surface area (TPSA) is 84.9 Å². The van der Waals surface area contributed by atoms with E-state index in [-0.39, 0.29) is 24.4 Å². The Bertz CT molecular complexity index is 1350. The molecule has 2 amide bonds. The Morgan fingerprint density at radius 2 is 1.68 bits per heavy atom. The molecule has 0 radical (unpaired) electrons. The number of hydrogen-bond acceptors (Lipinski definition) is 5.